The summed E-state index contributed by atoms with van der Waals surface area (Å²) in [5.74, 6) is 0. The largest absolute Gasteiger partial charge is 0.456 e. The number of aromatic nitrogens is 1. The van der Waals surface area contributed by atoms with Crippen LogP contribution in [0.25, 0.3) is 76.8 Å². The first-order valence-corrected chi connectivity index (χ1v) is 20.1. The van der Waals surface area contributed by atoms with Crippen LogP contribution in [0.5, 0.6) is 0 Å². The predicted molar refractivity (Wildman–Crippen MR) is 235 cm³/mol. The van der Waals surface area contributed by atoms with E-state index in [1.54, 1.807) is 0 Å². The maximum absolute atomic E-state index is 7.07. The van der Waals surface area contributed by atoms with Crippen LogP contribution in [0, 0.1) is 6.92 Å². The third kappa shape index (κ3) is 3.68. The zero-order chi connectivity index (χ0) is 37.4. The average molecular weight is 723 g/mol. The Hall–Kier alpha value is -6.20. The molecule has 5 heteroatoms. The van der Waals surface area contributed by atoms with Crippen LogP contribution in [0.4, 0.5) is 17.1 Å². The fraction of sp³-hybridized carbons (Fsp3) is 0.176. The number of hydrogen-bond donors (Lipinski definition) is 0. The van der Waals surface area contributed by atoms with E-state index in [0.717, 1.165) is 56.0 Å². The summed E-state index contributed by atoms with van der Waals surface area (Å²) in [4.78, 5) is 2.59. The molecule has 0 N–H and O–H groups in total. The van der Waals surface area contributed by atoms with E-state index in [1.807, 2.05) is 0 Å². The number of rotatable bonds is 1. The van der Waals surface area contributed by atoms with Gasteiger partial charge < -0.3 is 18.2 Å². The molecule has 0 saturated carbocycles. The molecule has 3 aliphatic rings. The molecule has 7 aromatic carbocycles. The number of nitrogens with zero attached hydrogens (tertiary/aromatic N) is 2. The number of fused-ring (bicyclic) bond motifs is 16. The van der Waals surface area contributed by atoms with Crippen molar-refractivity contribution in [2.45, 2.75) is 58.3 Å². The Balaban J connectivity index is 1.26. The van der Waals surface area contributed by atoms with Crippen molar-refractivity contribution in [1.29, 1.82) is 0 Å². The highest BCUT2D eigenvalue weighted by molar-refractivity contribution is 6.92. The van der Waals surface area contributed by atoms with E-state index in [0.29, 0.717) is 0 Å². The summed E-state index contributed by atoms with van der Waals surface area (Å²) in [6, 6.07) is 45.0. The highest BCUT2D eigenvalue weighted by atomic mass is 16.3. The van der Waals surface area contributed by atoms with Crippen LogP contribution >= 0.6 is 0 Å². The molecule has 268 valence electrons. The fourth-order valence-corrected chi connectivity index (χ4v) is 11.1. The Bertz CT molecular complexity index is 3410. The lowest BCUT2D eigenvalue weighted by Gasteiger charge is -2.44. The molecule has 0 amide bonds. The van der Waals surface area contributed by atoms with Gasteiger partial charge in [0.2, 0.25) is 0 Å². The number of para-hydroxylation sites is 4. The Morgan fingerprint density at radius 1 is 0.536 bits per heavy atom. The van der Waals surface area contributed by atoms with Crippen molar-refractivity contribution in [3.8, 4) is 11.1 Å². The van der Waals surface area contributed by atoms with Gasteiger partial charge in [0, 0.05) is 77.0 Å². The van der Waals surface area contributed by atoms with Crippen LogP contribution in [0.1, 0.15) is 57.2 Å². The van der Waals surface area contributed by atoms with Crippen molar-refractivity contribution in [1.82, 2.24) is 4.48 Å². The number of hydrogen-bond acceptors (Lipinski definition) is 3. The lowest BCUT2D eigenvalue weighted by atomic mass is 9.44. The number of anilines is 3. The molecular weight excluding hydrogens is 683 g/mol. The summed E-state index contributed by atoms with van der Waals surface area (Å²) < 4.78 is 16.7. The highest BCUT2D eigenvalue weighted by Crippen LogP contribution is 2.53. The molecule has 56 heavy (non-hydrogen) atoms. The van der Waals surface area contributed by atoms with Gasteiger partial charge in [0.1, 0.15) is 22.3 Å². The molecule has 10 aromatic rings. The van der Waals surface area contributed by atoms with Crippen molar-refractivity contribution in [3.05, 3.63) is 138 Å². The standard InChI is InChI=1S/C51H39BN2O2/c1-28-25-36-37(51(4,5)24-23-50(36,2)3)27-40(28)53-39-22-21-33-30-14-7-10-19-42(30)56-49(33)46(39)52-45-41(53)26-35-31-15-8-11-20-43(31)55-48(35)44(45)34-17-12-16-32-29-13-6-9-18-38(29)54(52)47(32)34/h6-22,25-27H,23-24H2,1-5H3. The zero-order valence-corrected chi connectivity index (χ0v) is 32.2. The summed E-state index contributed by atoms with van der Waals surface area (Å²) in [5, 5.41) is 7.09. The van der Waals surface area contributed by atoms with Crippen LogP contribution in [-0.2, 0) is 10.8 Å². The van der Waals surface area contributed by atoms with Gasteiger partial charge in [-0.1, -0.05) is 107 Å². The fourth-order valence-electron chi connectivity index (χ4n) is 11.1. The molecule has 0 spiro atoms. The van der Waals surface area contributed by atoms with E-state index in [1.165, 1.54) is 78.3 Å². The van der Waals surface area contributed by atoms with Gasteiger partial charge in [0.15, 0.2) is 0 Å². The number of benzene rings is 7. The molecule has 0 radical (unpaired) electrons. The Morgan fingerprint density at radius 3 is 1.95 bits per heavy atom. The second kappa shape index (κ2) is 10.2. The van der Waals surface area contributed by atoms with Gasteiger partial charge >= 0.3 is 6.85 Å². The van der Waals surface area contributed by atoms with Gasteiger partial charge in [0.05, 0.1) is 0 Å². The number of furan rings is 2. The summed E-state index contributed by atoms with van der Waals surface area (Å²) >= 11 is 0. The second-order valence-corrected chi connectivity index (χ2v) is 17.9. The van der Waals surface area contributed by atoms with Crippen LogP contribution in [0.3, 0.4) is 0 Å². The first kappa shape index (κ1) is 31.1. The van der Waals surface area contributed by atoms with Crippen LogP contribution < -0.4 is 15.8 Å². The molecule has 1 aliphatic carbocycles. The van der Waals surface area contributed by atoms with E-state index in [2.05, 4.69) is 165 Å². The minimum atomic E-state index is -0.168. The summed E-state index contributed by atoms with van der Waals surface area (Å²) in [5.41, 5.74) is 19.0. The SMILES string of the molecule is Cc1cc2c(cc1N1c3cc4c(oc5ccccc54)c4c3B(c3c1ccc1c3oc3ccccc31)n1c3ccccc3c3cccc-4c31)C(C)(C)CCC2(C)C. The Morgan fingerprint density at radius 2 is 1.18 bits per heavy atom. The molecule has 0 fully saturated rings. The van der Waals surface area contributed by atoms with Gasteiger partial charge in [-0.05, 0) is 95.2 Å². The lowest BCUT2D eigenvalue weighted by Crippen LogP contribution is -2.57. The maximum atomic E-state index is 7.07. The Kier molecular flexibility index (Phi) is 5.63. The average Bonchev–Trinajstić information content (AvgIpc) is 3.88. The first-order valence-electron chi connectivity index (χ1n) is 20.1. The zero-order valence-electron chi connectivity index (χ0n) is 32.2. The van der Waals surface area contributed by atoms with E-state index in [-0.39, 0.29) is 17.7 Å². The molecule has 0 saturated heterocycles. The van der Waals surface area contributed by atoms with E-state index in [4.69, 9.17) is 8.83 Å². The van der Waals surface area contributed by atoms with E-state index in [9.17, 15) is 0 Å². The van der Waals surface area contributed by atoms with E-state index < -0.39 is 0 Å². The third-order valence-corrected chi connectivity index (χ3v) is 13.9. The number of aryl methyl sites for hydroxylation is 1. The van der Waals surface area contributed by atoms with Crippen molar-refractivity contribution < 1.29 is 8.83 Å². The third-order valence-electron chi connectivity index (χ3n) is 13.9. The Labute approximate surface area is 325 Å². The molecule has 4 nitrogen and oxygen atoms in total. The van der Waals surface area contributed by atoms with Crippen molar-refractivity contribution >= 4 is 101 Å². The van der Waals surface area contributed by atoms with Crippen LogP contribution in [-0.4, -0.2) is 11.3 Å². The normalized spacial score (nSPS) is 16.4. The van der Waals surface area contributed by atoms with Crippen molar-refractivity contribution in [2.75, 3.05) is 4.90 Å². The lowest BCUT2D eigenvalue weighted by molar-refractivity contribution is 0.332. The second-order valence-electron chi connectivity index (χ2n) is 17.9. The molecular formula is C51H39BN2O2. The van der Waals surface area contributed by atoms with Gasteiger partial charge in [-0.3, -0.25) is 0 Å². The topological polar surface area (TPSA) is 34.5 Å². The highest BCUT2D eigenvalue weighted by Gasteiger charge is 2.47. The van der Waals surface area contributed by atoms with Crippen molar-refractivity contribution in [2.24, 2.45) is 0 Å². The van der Waals surface area contributed by atoms with Gasteiger partial charge in [-0.25, -0.2) is 0 Å². The summed E-state index contributed by atoms with van der Waals surface area (Å²) in [7, 11) is 0. The molecule has 2 aliphatic heterocycles. The molecule has 0 atom stereocenters. The van der Waals surface area contributed by atoms with E-state index >= 15 is 0 Å². The maximum Gasteiger partial charge on any atom is 0.337 e. The summed E-state index contributed by atoms with van der Waals surface area (Å²) in [6.45, 7) is 11.9. The molecule has 13 rings (SSSR count). The monoisotopic (exact) mass is 722 g/mol. The summed E-state index contributed by atoms with van der Waals surface area (Å²) in [6.07, 6.45) is 2.34. The molecule has 3 aromatic heterocycles. The van der Waals surface area contributed by atoms with Crippen LogP contribution in [0.2, 0.25) is 0 Å². The first-order chi connectivity index (χ1) is 27.2. The van der Waals surface area contributed by atoms with Crippen LogP contribution in [0.15, 0.2) is 130 Å². The quantitative estimate of drug-likeness (QED) is 0.158. The molecule has 0 bridgehead atoms. The smallest absolute Gasteiger partial charge is 0.337 e. The van der Waals surface area contributed by atoms with Gasteiger partial charge in [-0.2, -0.15) is 0 Å². The molecule has 0 unspecified atom stereocenters. The van der Waals surface area contributed by atoms with Gasteiger partial charge in [0.25, 0.3) is 0 Å². The predicted octanol–water partition coefficient (Wildman–Crippen LogP) is 12.7. The van der Waals surface area contributed by atoms with Crippen molar-refractivity contribution in [3.63, 3.8) is 0 Å². The van der Waals surface area contributed by atoms with Gasteiger partial charge in [-0.15, -0.1) is 0 Å². The molecule has 5 heterocycles. The minimum absolute atomic E-state index is 0.0515. The minimum Gasteiger partial charge on any atom is -0.456 e.